The van der Waals surface area contributed by atoms with Crippen LogP contribution in [0, 0.1) is 29.1 Å². The maximum absolute atomic E-state index is 9.52. The molecule has 0 spiro atoms. The van der Waals surface area contributed by atoms with Crippen molar-refractivity contribution in [1.82, 2.24) is 9.97 Å². The van der Waals surface area contributed by atoms with Gasteiger partial charge in [-0.2, -0.15) is 10.2 Å². The van der Waals surface area contributed by atoms with Crippen LogP contribution >= 0.6 is 0 Å². The first kappa shape index (κ1) is 20.3. The van der Waals surface area contributed by atoms with Crippen LogP contribution in [0.25, 0.3) is 0 Å². The Labute approximate surface area is 184 Å². The van der Waals surface area contributed by atoms with Crippen molar-refractivity contribution in [3.63, 3.8) is 0 Å². The van der Waals surface area contributed by atoms with Crippen LogP contribution < -0.4 is 16.4 Å². The zero-order chi connectivity index (χ0) is 21.2. The molecule has 0 radical (unpaired) electrons. The number of benzene rings is 1. The van der Waals surface area contributed by atoms with Gasteiger partial charge in [-0.15, -0.1) is 0 Å². The van der Waals surface area contributed by atoms with Crippen molar-refractivity contribution in [3.8, 4) is 6.07 Å². The second kappa shape index (κ2) is 8.84. The van der Waals surface area contributed by atoms with Crippen LogP contribution in [0.4, 0.5) is 11.8 Å². The molecule has 162 valence electrons. The highest BCUT2D eigenvalue weighted by Crippen LogP contribution is 2.42. The summed E-state index contributed by atoms with van der Waals surface area (Å²) < 4.78 is 0. The van der Waals surface area contributed by atoms with Crippen molar-refractivity contribution in [2.75, 3.05) is 17.2 Å². The van der Waals surface area contributed by atoms with E-state index in [1.807, 2.05) is 0 Å². The van der Waals surface area contributed by atoms with Gasteiger partial charge in [0.05, 0.1) is 6.20 Å². The number of anilines is 2. The number of nitrogens with one attached hydrogen (secondary N) is 2. The van der Waals surface area contributed by atoms with E-state index < -0.39 is 0 Å². The van der Waals surface area contributed by atoms with Crippen molar-refractivity contribution in [3.05, 3.63) is 47.2 Å². The topological polar surface area (TPSA) is 99.6 Å². The molecule has 4 atom stereocenters. The Morgan fingerprint density at radius 1 is 1.06 bits per heavy atom. The number of rotatable bonds is 7. The first-order chi connectivity index (χ1) is 15.2. The van der Waals surface area contributed by atoms with E-state index in [0.29, 0.717) is 53.6 Å². The van der Waals surface area contributed by atoms with Gasteiger partial charge in [-0.25, -0.2) is 4.98 Å². The molecule has 1 heterocycles. The number of hydrogen-bond acceptors (Lipinski definition) is 6. The summed E-state index contributed by atoms with van der Waals surface area (Å²) in [5.74, 6) is 3.82. The van der Waals surface area contributed by atoms with Gasteiger partial charge in [0.2, 0.25) is 5.95 Å². The molecule has 0 saturated heterocycles. The molecule has 3 aliphatic carbocycles. The Morgan fingerprint density at radius 2 is 1.84 bits per heavy atom. The molecule has 31 heavy (non-hydrogen) atoms. The molecule has 2 aromatic rings. The standard InChI is InChI=1S/C25H32N6/c26-12-21-15-30-25(29-14-20-4-1-2-7-22(20)17-8-9-17)31-24(21)28-13-16-10-18-5-3-6-19(11-16)23(18)27/h1-2,4,7,15-19,23H,3,5-6,8-11,13-14,27H2,(H2,28,29,30,31)/t16?,18-,19+,23-. The minimum Gasteiger partial charge on any atom is -0.369 e. The second-order valence-corrected chi connectivity index (χ2v) is 9.64. The van der Waals surface area contributed by atoms with Gasteiger partial charge < -0.3 is 16.4 Å². The van der Waals surface area contributed by atoms with Gasteiger partial charge in [0.1, 0.15) is 17.5 Å². The summed E-state index contributed by atoms with van der Waals surface area (Å²) in [7, 11) is 0. The van der Waals surface area contributed by atoms with Crippen molar-refractivity contribution in [2.24, 2.45) is 23.5 Å². The summed E-state index contributed by atoms with van der Waals surface area (Å²) in [6.07, 6.45) is 10.4. The molecule has 1 aromatic carbocycles. The fraction of sp³-hybridized carbons (Fsp3) is 0.560. The molecule has 3 saturated carbocycles. The molecule has 1 unspecified atom stereocenters. The van der Waals surface area contributed by atoms with E-state index in [4.69, 9.17) is 5.73 Å². The number of hydrogen-bond donors (Lipinski definition) is 3. The lowest BCUT2D eigenvalue weighted by Crippen LogP contribution is -2.47. The predicted molar refractivity (Wildman–Crippen MR) is 123 cm³/mol. The van der Waals surface area contributed by atoms with Crippen molar-refractivity contribution < 1.29 is 0 Å². The summed E-state index contributed by atoms with van der Waals surface area (Å²) in [4.78, 5) is 9.01. The van der Waals surface area contributed by atoms with Gasteiger partial charge in [0.25, 0.3) is 0 Å². The van der Waals surface area contributed by atoms with E-state index >= 15 is 0 Å². The molecule has 3 aliphatic rings. The minimum atomic E-state index is 0.382. The maximum atomic E-state index is 9.52. The van der Waals surface area contributed by atoms with E-state index in [-0.39, 0.29) is 0 Å². The fourth-order valence-electron chi connectivity index (χ4n) is 5.67. The molecular formula is C25H32N6. The number of fused-ring (bicyclic) bond motifs is 2. The third-order valence-corrected chi connectivity index (χ3v) is 7.49. The van der Waals surface area contributed by atoms with E-state index in [9.17, 15) is 5.26 Å². The third kappa shape index (κ3) is 4.52. The second-order valence-electron chi connectivity index (χ2n) is 9.64. The lowest BCUT2D eigenvalue weighted by atomic mass is 9.65. The normalized spacial score (nSPS) is 27.4. The van der Waals surface area contributed by atoms with Crippen LogP contribution in [0.15, 0.2) is 30.5 Å². The highest BCUT2D eigenvalue weighted by Gasteiger charge is 2.38. The summed E-state index contributed by atoms with van der Waals surface area (Å²) in [5.41, 5.74) is 9.67. The molecule has 3 fully saturated rings. The SMILES string of the molecule is N#Cc1cnc(NCc2ccccc2C2CC2)nc1NCC1C[C@H]2CCC[C@@H](C1)[C@@H]2N. The molecule has 4 N–H and O–H groups in total. The largest absolute Gasteiger partial charge is 0.369 e. The average Bonchev–Trinajstić information content (AvgIpc) is 3.62. The quantitative estimate of drug-likeness (QED) is 0.618. The smallest absolute Gasteiger partial charge is 0.224 e. The van der Waals surface area contributed by atoms with Gasteiger partial charge in [-0.3, -0.25) is 0 Å². The summed E-state index contributed by atoms with van der Waals surface area (Å²) >= 11 is 0. The summed E-state index contributed by atoms with van der Waals surface area (Å²) in [5, 5.41) is 16.3. The van der Waals surface area contributed by atoms with Crippen LogP contribution in [0.5, 0.6) is 0 Å². The predicted octanol–water partition coefficient (Wildman–Crippen LogP) is 4.40. The van der Waals surface area contributed by atoms with E-state index in [1.165, 1.54) is 56.1 Å². The summed E-state index contributed by atoms with van der Waals surface area (Å²) in [6, 6.07) is 11.2. The Balaban J connectivity index is 1.23. The first-order valence-electron chi connectivity index (χ1n) is 11.8. The van der Waals surface area contributed by atoms with Crippen LogP contribution in [0.2, 0.25) is 0 Å². The maximum Gasteiger partial charge on any atom is 0.224 e. The van der Waals surface area contributed by atoms with E-state index in [2.05, 4.69) is 50.9 Å². The van der Waals surface area contributed by atoms with Crippen LogP contribution in [-0.4, -0.2) is 22.6 Å². The Kier molecular flexibility index (Phi) is 5.78. The van der Waals surface area contributed by atoms with E-state index in [1.54, 1.807) is 6.20 Å². The van der Waals surface area contributed by atoms with Gasteiger partial charge in [-0.05, 0) is 73.3 Å². The van der Waals surface area contributed by atoms with E-state index in [0.717, 1.165) is 6.54 Å². The molecule has 1 aromatic heterocycles. The van der Waals surface area contributed by atoms with Gasteiger partial charge in [-0.1, -0.05) is 30.7 Å². The van der Waals surface area contributed by atoms with Crippen molar-refractivity contribution >= 4 is 11.8 Å². The molecule has 6 heteroatoms. The zero-order valence-electron chi connectivity index (χ0n) is 18.1. The highest BCUT2D eigenvalue weighted by molar-refractivity contribution is 5.53. The number of aromatic nitrogens is 2. The Bertz CT molecular complexity index is 949. The number of nitrogens with two attached hydrogens (primary N) is 1. The highest BCUT2D eigenvalue weighted by atomic mass is 15.1. The third-order valence-electron chi connectivity index (χ3n) is 7.49. The van der Waals surface area contributed by atoms with Crippen LogP contribution in [-0.2, 0) is 6.54 Å². The van der Waals surface area contributed by atoms with Crippen molar-refractivity contribution in [2.45, 2.75) is 63.5 Å². The Morgan fingerprint density at radius 3 is 2.58 bits per heavy atom. The van der Waals surface area contributed by atoms with Gasteiger partial charge in [0, 0.05) is 19.1 Å². The Hall–Kier alpha value is -2.65. The molecule has 0 aliphatic heterocycles. The first-order valence-corrected chi connectivity index (χ1v) is 11.8. The van der Waals surface area contributed by atoms with Crippen LogP contribution in [0.3, 0.4) is 0 Å². The molecule has 6 nitrogen and oxygen atoms in total. The van der Waals surface area contributed by atoms with Crippen LogP contribution in [0.1, 0.15) is 67.6 Å². The number of nitrogens with zero attached hydrogens (tertiary/aromatic N) is 3. The lowest BCUT2D eigenvalue weighted by Gasteiger charge is -2.44. The minimum absolute atomic E-state index is 0.382. The monoisotopic (exact) mass is 416 g/mol. The molecule has 0 amide bonds. The fourth-order valence-corrected chi connectivity index (χ4v) is 5.67. The number of nitriles is 1. The van der Waals surface area contributed by atoms with Crippen molar-refractivity contribution in [1.29, 1.82) is 5.26 Å². The molecule has 2 bridgehead atoms. The summed E-state index contributed by atoms with van der Waals surface area (Å²) in [6.45, 7) is 1.54. The van der Waals surface area contributed by atoms with Gasteiger partial charge >= 0.3 is 0 Å². The van der Waals surface area contributed by atoms with Gasteiger partial charge in [0.15, 0.2) is 0 Å². The lowest BCUT2D eigenvalue weighted by molar-refractivity contribution is 0.112. The zero-order valence-corrected chi connectivity index (χ0v) is 18.1. The average molecular weight is 417 g/mol. The molecule has 5 rings (SSSR count). The molecular weight excluding hydrogens is 384 g/mol.